The third-order valence-corrected chi connectivity index (χ3v) is 21.7. The van der Waals surface area contributed by atoms with Crippen molar-refractivity contribution >= 4 is 130 Å². The molecule has 16 bridgehead atoms. The van der Waals surface area contributed by atoms with Crippen LogP contribution in [0.2, 0.25) is 0 Å². The molecule has 0 spiro atoms. The maximum Gasteiger partial charge on any atom is 0.0491 e. The maximum absolute atomic E-state index is 2.67. The molecular weight excluding hydrogens is 1110 g/mol. The molecule has 4 heteroatoms. The van der Waals surface area contributed by atoms with Crippen LogP contribution >= 0.6 is 0 Å². The normalized spacial score (nSPS) is 12.4. The van der Waals surface area contributed by atoms with Crippen LogP contribution in [0.15, 0.2) is 146 Å². The Morgan fingerprint density at radius 1 is 0.163 bits per heavy atom. The van der Waals surface area contributed by atoms with E-state index in [4.69, 9.17) is 0 Å². The first-order valence-corrected chi connectivity index (χ1v) is 37.8. The zero-order chi connectivity index (χ0) is 62.6. The predicted molar refractivity (Wildman–Crippen MR) is 408 cm³/mol. The van der Waals surface area contributed by atoms with E-state index in [-0.39, 0.29) is 0 Å². The summed E-state index contributed by atoms with van der Waals surface area (Å²) in [4.78, 5) is 0. The molecule has 0 N–H and O–H groups in total. The van der Waals surface area contributed by atoms with E-state index in [9.17, 15) is 0 Å². The summed E-state index contributed by atoms with van der Waals surface area (Å²) in [6.45, 7) is 13.4. The number of rotatable bonds is 36. The Hall–Kier alpha value is -7.04. The molecule has 0 fully saturated rings. The number of hydrogen-bond acceptors (Lipinski definition) is 0. The fourth-order valence-corrected chi connectivity index (χ4v) is 16.4. The van der Waals surface area contributed by atoms with Gasteiger partial charge in [0, 0.05) is 113 Å². The number of nitrogens with zero attached hydrogens (tertiary/aromatic N) is 4. The predicted octanol–water partition coefficient (Wildman–Crippen LogP) is 27.9. The van der Waals surface area contributed by atoms with Gasteiger partial charge in [0.15, 0.2) is 0 Å². The summed E-state index contributed by atoms with van der Waals surface area (Å²) >= 11 is 0. The molecule has 0 aliphatic heterocycles. The average Bonchev–Trinajstić information content (AvgIpc) is 1.61. The molecule has 0 aliphatic carbocycles. The van der Waals surface area contributed by atoms with Crippen molar-refractivity contribution in [3.63, 3.8) is 0 Å². The third-order valence-electron chi connectivity index (χ3n) is 21.7. The summed E-state index contributed by atoms with van der Waals surface area (Å²) in [5.41, 5.74) is 10.8. The topological polar surface area (TPSA) is 19.7 Å². The first kappa shape index (κ1) is 63.7. The van der Waals surface area contributed by atoms with Gasteiger partial charge < -0.3 is 18.3 Å². The number of benzene rings is 8. The molecule has 4 heterocycles. The molecule has 13 rings (SSSR count). The summed E-state index contributed by atoms with van der Waals surface area (Å²) in [6.07, 6.45) is 42.3. The molecule has 13 aromatic rings. The van der Waals surface area contributed by atoms with Gasteiger partial charge >= 0.3 is 0 Å². The monoisotopic (exact) mass is 1220 g/mol. The van der Waals surface area contributed by atoms with Crippen molar-refractivity contribution < 1.29 is 0 Å². The van der Waals surface area contributed by atoms with Crippen molar-refractivity contribution in [2.45, 2.75) is 259 Å². The molecule has 0 aliphatic rings. The van der Waals surface area contributed by atoms with Crippen molar-refractivity contribution in [2.24, 2.45) is 0 Å². The standard InChI is InChI=1S/C88H108N4/c1-5-9-13-17-21-25-29-33-53-89-81-45-37-65-57-73(81)74-58-66(38-46-82(74)89)68-40-48-84-76(60-68)78-62-70(42-50-86(78)91(84)55-35-31-27-23-19-15-11-7-3)72-44-52-88-80(64-72)79-63-71(43-51-87(79)92(88)56-36-32-28-24-20-16-12-8-4)69-41-49-85-77(61-69)75-59-67(65)39-47-83(75)90(85)54-34-30-26-22-18-14-10-6-2/h37-52,57-64H,5-36,53-56H2,1-4H3. The van der Waals surface area contributed by atoms with Crippen molar-refractivity contribution in [1.82, 2.24) is 18.3 Å². The van der Waals surface area contributed by atoms with Crippen molar-refractivity contribution in [2.75, 3.05) is 0 Å². The summed E-state index contributed by atoms with van der Waals surface area (Å²) in [5, 5.41) is 21.2. The van der Waals surface area contributed by atoms with Gasteiger partial charge in [0.1, 0.15) is 0 Å². The number of hydrogen-bond donors (Lipinski definition) is 0. The fourth-order valence-electron chi connectivity index (χ4n) is 16.4. The smallest absolute Gasteiger partial charge is 0.0491 e. The minimum Gasteiger partial charge on any atom is -0.340 e. The highest BCUT2D eigenvalue weighted by molar-refractivity contribution is 6.19. The molecular formula is C88H108N4. The van der Waals surface area contributed by atoms with Crippen LogP contribution in [0.25, 0.3) is 130 Å². The average molecular weight is 1220 g/mol. The summed E-state index contributed by atoms with van der Waals surface area (Å²) in [5.74, 6) is 0. The van der Waals surface area contributed by atoms with Gasteiger partial charge in [-0.25, -0.2) is 0 Å². The zero-order valence-electron chi connectivity index (χ0n) is 57.1. The lowest BCUT2D eigenvalue weighted by Gasteiger charge is -2.09. The van der Waals surface area contributed by atoms with Gasteiger partial charge in [0.2, 0.25) is 0 Å². The Kier molecular flexibility index (Phi) is 21.3. The van der Waals surface area contributed by atoms with Gasteiger partial charge in [0.25, 0.3) is 0 Å². The molecule has 0 radical (unpaired) electrons. The van der Waals surface area contributed by atoms with Crippen LogP contribution in [0.5, 0.6) is 0 Å². The molecule has 4 aromatic heterocycles. The molecule has 92 heavy (non-hydrogen) atoms. The van der Waals surface area contributed by atoms with Crippen LogP contribution in [-0.2, 0) is 26.2 Å². The Morgan fingerprint density at radius 2 is 0.293 bits per heavy atom. The van der Waals surface area contributed by atoms with E-state index in [0.717, 1.165) is 26.2 Å². The summed E-state index contributed by atoms with van der Waals surface area (Å²) in [7, 11) is 0. The Balaban J connectivity index is 0.994. The number of unbranched alkanes of at least 4 members (excludes halogenated alkanes) is 28. The molecule has 0 saturated carbocycles. The van der Waals surface area contributed by atoms with E-state index < -0.39 is 0 Å². The van der Waals surface area contributed by atoms with Crippen molar-refractivity contribution in [3.8, 4) is 0 Å². The molecule has 0 amide bonds. The molecule has 9 aromatic carbocycles. The second-order valence-electron chi connectivity index (χ2n) is 28.4. The summed E-state index contributed by atoms with van der Waals surface area (Å²) in [6, 6.07) is 59.5. The highest BCUT2D eigenvalue weighted by atomic mass is 15.0. The first-order valence-electron chi connectivity index (χ1n) is 37.8. The SMILES string of the molecule is CCCCCCCCCCn1c2ccc3cc2c2cc(ccc21)c1ccc2c(c1)c1cc(ccc1n2CCCCCCCCCC)c1ccc2c(c1)c1cc(ccc1n2CCCCCCCCCC)c1ccc2c(c1)c1cc3ccc1n2CCCCCCCCCC. The van der Waals surface area contributed by atoms with E-state index >= 15 is 0 Å². The summed E-state index contributed by atoms with van der Waals surface area (Å²) < 4.78 is 10.7. The number of aryl methyl sites for hydroxylation is 4. The van der Waals surface area contributed by atoms with Gasteiger partial charge in [-0.1, -0.05) is 256 Å². The van der Waals surface area contributed by atoms with Gasteiger partial charge in [-0.2, -0.15) is 0 Å². The van der Waals surface area contributed by atoms with Crippen LogP contribution in [-0.4, -0.2) is 18.3 Å². The van der Waals surface area contributed by atoms with Gasteiger partial charge in [-0.3, -0.25) is 0 Å². The van der Waals surface area contributed by atoms with E-state index in [1.165, 1.54) is 336 Å². The molecule has 0 unspecified atom stereocenters. The van der Waals surface area contributed by atoms with Crippen LogP contribution in [0.3, 0.4) is 0 Å². The molecule has 480 valence electrons. The third kappa shape index (κ3) is 13.8. The van der Waals surface area contributed by atoms with Gasteiger partial charge in [-0.15, -0.1) is 0 Å². The first-order chi connectivity index (χ1) is 45.5. The highest BCUT2D eigenvalue weighted by Crippen LogP contribution is 2.40. The lowest BCUT2D eigenvalue weighted by atomic mass is 10.0. The van der Waals surface area contributed by atoms with Crippen molar-refractivity contribution in [3.05, 3.63) is 146 Å². The quantitative estimate of drug-likeness (QED) is 0.0349. The van der Waals surface area contributed by atoms with E-state index in [1.54, 1.807) is 0 Å². The highest BCUT2D eigenvalue weighted by Gasteiger charge is 2.18. The van der Waals surface area contributed by atoms with Crippen LogP contribution in [0.4, 0.5) is 0 Å². The molecule has 0 atom stereocenters. The lowest BCUT2D eigenvalue weighted by Crippen LogP contribution is -1.98. The van der Waals surface area contributed by atoms with E-state index in [2.05, 4.69) is 192 Å². The Bertz CT molecular complexity index is 3820. The largest absolute Gasteiger partial charge is 0.340 e. The number of fused-ring (bicyclic) bond motifs is 12. The lowest BCUT2D eigenvalue weighted by molar-refractivity contribution is 0.553. The minimum absolute atomic E-state index is 1.04. The second-order valence-corrected chi connectivity index (χ2v) is 28.4. The van der Waals surface area contributed by atoms with E-state index in [1.807, 2.05) is 0 Å². The van der Waals surface area contributed by atoms with Crippen LogP contribution < -0.4 is 0 Å². The van der Waals surface area contributed by atoms with Gasteiger partial charge in [-0.05, 0) is 166 Å². The van der Waals surface area contributed by atoms with Gasteiger partial charge in [0.05, 0.1) is 0 Å². The Labute approximate surface area is 550 Å². The Morgan fingerprint density at radius 3 is 0.435 bits per heavy atom. The van der Waals surface area contributed by atoms with Crippen molar-refractivity contribution in [1.29, 1.82) is 0 Å². The molecule has 4 nitrogen and oxygen atoms in total. The molecule has 0 saturated heterocycles. The fraction of sp³-hybridized carbons (Fsp3) is 0.455. The maximum atomic E-state index is 2.67. The minimum atomic E-state index is 1.04. The zero-order valence-corrected chi connectivity index (χ0v) is 57.1. The van der Waals surface area contributed by atoms with Crippen LogP contribution in [0, 0.1) is 0 Å². The van der Waals surface area contributed by atoms with Crippen LogP contribution in [0.1, 0.15) is 233 Å². The van der Waals surface area contributed by atoms with E-state index in [0.29, 0.717) is 0 Å². The number of aromatic nitrogens is 4. The second kappa shape index (κ2) is 30.8.